The minimum atomic E-state index is -0.386. The number of ether oxygens (including phenoxy) is 1. The van der Waals surface area contributed by atoms with Gasteiger partial charge in [-0.25, -0.2) is 4.98 Å². The average Bonchev–Trinajstić information content (AvgIpc) is 3.29. The summed E-state index contributed by atoms with van der Waals surface area (Å²) in [6.07, 6.45) is 1.65. The molecule has 0 unspecified atom stereocenters. The van der Waals surface area contributed by atoms with Gasteiger partial charge in [-0.3, -0.25) is 4.79 Å². The van der Waals surface area contributed by atoms with E-state index in [1.807, 2.05) is 50.2 Å². The van der Waals surface area contributed by atoms with Gasteiger partial charge in [-0.1, -0.05) is 23.5 Å². The number of carbonyl (C=O) groups excluding carboxylic acids is 1. The highest BCUT2D eigenvalue weighted by atomic mass is 32.1. The highest BCUT2D eigenvalue weighted by molar-refractivity contribution is 7.22. The van der Waals surface area contributed by atoms with E-state index in [1.54, 1.807) is 24.5 Å². The second kappa shape index (κ2) is 10.2. The second-order valence-corrected chi connectivity index (χ2v) is 8.37. The normalized spacial score (nSPS) is 12.5. The summed E-state index contributed by atoms with van der Waals surface area (Å²) in [5, 5.41) is 16.3. The number of hydrogen-bond acceptors (Lipinski definition) is 6. The van der Waals surface area contributed by atoms with Gasteiger partial charge >= 0.3 is 0 Å². The van der Waals surface area contributed by atoms with Crippen molar-refractivity contribution in [2.45, 2.75) is 26.8 Å². The molecule has 1 atom stereocenters. The van der Waals surface area contributed by atoms with Gasteiger partial charge in [-0.05, 0) is 50.6 Å². The van der Waals surface area contributed by atoms with Gasteiger partial charge < -0.3 is 19.9 Å². The molecule has 2 N–H and O–H groups in total. The Hall–Kier alpha value is -3.15. The number of aromatic nitrogens is 2. The fourth-order valence-corrected chi connectivity index (χ4v) is 4.53. The van der Waals surface area contributed by atoms with E-state index in [0.29, 0.717) is 19.7 Å². The number of methoxy groups -OCH3 is 1. The lowest BCUT2D eigenvalue weighted by Gasteiger charge is -2.17. The fourth-order valence-electron chi connectivity index (χ4n) is 3.64. The summed E-state index contributed by atoms with van der Waals surface area (Å²) in [6, 6.07) is 12.1. The lowest BCUT2D eigenvalue weighted by atomic mass is 10.1. The molecule has 0 aliphatic heterocycles. The number of anilines is 1. The summed E-state index contributed by atoms with van der Waals surface area (Å²) in [5.41, 5.74) is 3.96. The van der Waals surface area contributed by atoms with Crippen molar-refractivity contribution in [2.24, 2.45) is 0 Å². The van der Waals surface area contributed by atoms with Gasteiger partial charge in [0, 0.05) is 31.6 Å². The molecule has 0 bridgehead atoms. The quantitative estimate of drug-likeness (QED) is 0.299. The van der Waals surface area contributed by atoms with Gasteiger partial charge in [-0.2, -0.15) is 5.26 Å². The first-order valence-corrected chi connectivity index (χ1v) is 10.9. The number of para-hydroxylation sites is 1. The van der Waals surface area contributed by atoms with Crippen molar-refractivity contribution >= 4 is 38.7 Å². The van der Waals surface area contributed by atoms with Gasteiger partial charge in [0.2, 0.25) is 0 Å². The zero-order valence-electron chi connectivity index (χ0n) is 18.2. The smallest absolute Gasteiger partial charge is 0.262 e. The van der Waals surface area contributed by atoms with Crippen LogP contribution in [0.15, 0.2) is 35.9 Å². The molecule has 31 heavy (non-hydrogen) atoms. The van der Waals surface area contributed by atoms with Crippen molar-refractivity contribution < 1.29 is 9.53 Å². The zero-order chi connectivity index (χ0) is 22.4. The molecule has 2 heterocycles. The van der Waals surface area contributed by atoms with E-state index >= 15 is 0 Å². The summed E-state index contributed by atoms with van der Waals surface area (Å²) in [5.74, 6) is -0.386. The monoisotopic (exact) mass is 437 g/mol. The Balaban J connectivity index is 1.60. The molecule has 0 spiro atoms. The molecule has 0 radical (unpaired) electrons. The Kier molecular flexibility index (Phi) is 7.45. The van der Waals surface area contributed by atoms with Crippen LogP contribution < -0.4 is 10.6 Å². The number of nitrogens with zero attached hydrogens (tertiary/aromatic N) is 3. The molecular weight excluding hydrogens is 410 g/mol. The van der Waals surface area contributed by atoms with Crippen LogP contribution in [0.5, 0.6) is 0 Å². The van der Waals surface area contributed by atoms with E-state index in [1.165, 1.54) is 0 Å². The zero-order valence-corrected chi connectivity index (χ0v) is 19.0. The van der Waals surface area contributed by atoms with Crippen molar-refractivity contribution in [3.8, 4) is 6.07 Å². The standard InChI is InChI=1S/C23H27N5O2S/c1-15-11-18(17(3)28(15)16(2)14-30-4)12-19(13-24)22(29)25-9-10-26-23-27-20-7-5-6-8-21(20)31-23/h5-8,11-12,16H,9-10,14H2,1-4H3,(H,25,29)(H,26,27)/b19-12+/t16-/m0/s1. The average molecular weight is 438 g/mol. The molecule has 3 aromatic rings. The van der Waals surface area contributed by atoms with Crippen molar-refractivity contribution in [1.29, 1.82) is 5.26 Å². The SMILES string of the molecule is COC[C@H](C)n1c(C)cc(/C=C(\C#N)C(=O)NCCNc2nc3ccccc3s2)c1C. The minimum Gasteiger partial charge on any atom is -0.383 e. The number of fused-ring (bicyclic) bond motifs is 1. The van der Waals surface area contributed by atoms with Crippen LogP contribution in [0.25, 0.3) is 16.3 Å². The number of benzene rings is 1. The van der Waals surface area contributed by atoms with Crippen molar-refractivity contribution in [3.63, 3.8) is 0 Å². The van der Waals surface area contributed by atoms with E-state index in [0.717, 1.165) is 32.3 Å². The van der Waals surface area contributed by atoms with Gasteiger partial charge in [0.05, 0.1) is 22.9 Å². The number of amides is 1. The lowest BCUT2D eigenvalue weighted by molar-refractivity contribution is -0.116. The Morgan fingerprint density at radius 3 is 2.84 bits per heavy atom. The summed E-state index contributed by atoms with van der Waals surface area (Å²) in [7, 11) is 1.68. The highest BCUT2D eigenvalue weighted by Gasteiger charge is 2.15. The molecule has 162 valence electrons. The molecule has 0 aliphatic carbocycles. The topological polar surface area (TPSA) is 92.0 Å². The summed E-state index contributed by atoms with van der Waals surface area (Å²) >= 11 is 1.57. The lowest BCUT2D eigenvalue weighted by Crippen LogP contribution is -2.29. The first-order chi connectivity index (χ1) is 14.9. The van der Waals surface area contributed by atoms with E-state index in [9.17, 15) is 10.1 Å². The van der Waals surface area contributed by atoms with Crippen LogP contribution in [-0.2, 0) is 9.53 Å². The number of nitriles is 1. The Bertz CT molecular complexity index is 1110. The first kappa shape index (κ1) is 22.5. The van der Waals surface area contributed by atoms with Crippen molar-refractivity contribution in [1.82, 2.24) is 14.9 Å². The summed E-state index contributed by atoms with van der Waals surface area (Å²) in [4.78, 5) is 17.0. The molecule has 2 aromatic heterocycles. The molecule has 1 aromatic carbocycles. The Labute approximate surface area is 186 Å². The van der Waals surface area contributed by atoms with E-state index in [4.69, 9.17) is 4.74 Å². The highest BCUT2D eigenvalue weighted by Crippen LogP contribution is 2.25. The summed E-state index contributed by atoms with van der Waals surface area (Å²) < 4.78 is 8.53. The predicted molar refractivity (Wildman–Crippen MR) is 125 cm³/mol. The maximum Gasteiger partial charge on any atom is 0.262 e. The Morgan fingerprint density at radius 1 is 1.35 bits per heavy atom. The molecule has 0 saturated heterocycles. The summed E-state index contributed by atoms with van der Waals surface area (Å²) in [6.45, 7) is 7.57. The van der Waals surface area contributed by atoms with Gasteiger partial charge in [0.15, 0.2) is 5.13 Å². The van der Waals surface area contributed by atoms with Crippen LogP contribution in [0.4, 0.5) is 5.13 Å². The van der Waals surface area contributed by atoms with Crippen molar-refractivity contribution in [2.75, 3.05) is 32.1 Å². The van der Waals surface area contributed by atoms with E-state index in [2.05, 4.69) is 27.1 Å². The van der Waals surface area contributed by atoms with Crippen LogP contribution in [0, 0.1) is 25.2 Å². The largest absolute Gasteiger partial charge is 0.383 e. The molecule has 0 saturated carbocycles. The maximum atomic E-state index is 12.5. The number of thiazole rings is 1. The third kappa shape index (κ3) is 5.32. The predicted octanol–water partition coefficient (Wildman–Crippen LogP) is 4.06. The molecule has 1 amide bonds. The number of nitrogens with one attached hydrogen (secondary N) is 2. The number of aryl methyl sites for hydroxylation is 1. The third-order valence-electron chi connectivity index (χ3n) is 5.02. The first-order valence-electron chi connectivity index (χ1n) is 10.1. The number of carbonyl (C=O) groups is 1. The van der Waals surface area contributed by atoms with Crippen LogP contribution in [-0.4, -0.2) is 42.3 Å². The van der Waals surface area contributed by atoms with Crippen LogP contribution >= 0.6 is 11.3 Å². The van der Waals surface area contributed by atoms with E-state index < -0.39 is 0 Å². The second-order valence-electron chi connectivity index (χ2n) is 7.34. The minimum absolute atomic E-state index is 0.0830. The maximum absolute atomic E-state index is 12.5. The van der Waals surface area contributed by atoms with Crippen LogP contribution in [0.2, 0.25) is 0 Å². The van der Waals surface area contributed by atoms with Crippen LogP contribution in [0.1, 0.15) is 29.9 Å². The third-order valence-corrected chi connectivity index (χ3v) is 6.01. The van der Waals surface area contributed by atoms with Gasteiger partial charge in [0.25, 0.3) is 5.91 Å². The van der Waals surface area contributed by atoms with Gasteiger partial charge in [0.1, 0.15) is 11.6 Å². The molecule has 8 heteroatoms. The molecule has 0 fully saturated rings. The molecule has 7 nitrogen and oxygen atoms in total. The fraction of sp³-hybridized carbons (Fsp3) is 0.348. The number of hydrogen-bond donors (Lipinski definition) is 2. The number of rotatable bonds is 9. The molecule has 0 aliphatic rings. The van der Waals surface area contributed by atoms with Crippen LogP contribution in [0.3, 0.4) is 0 Å². The van der Waals surface area contributed by atoms with Gasteiger partial charge in [-0.15, -0.1) is 0 Å². The van der Waals surface area contributed by atoms with E-state index in [-0.39, 0.29) is 17.5 Å². The molecule has 3 rings (SSSR count). The molecular formula is C23H27N5O2S. The Morgan fingerprint density at radius 2 is 2.13 bits per heavy atom. The van der Waals surface area contributed by atoms with Crippen molar-refractivity contribution in [3.05, 3.63) is 52.9 Å².